The van der Waals surface area contributed by atoms with Gasteiger partial charge in [0.1, 0.15) is 0 Å². The van der Waals surface area contributed by atoms with Gasteiger partial charge in [-0.05, 0) is 6.92 Å². The van der Waals surface area contributed by atoms with Gasteiger partial charge in [0.2, 0.25) is 0 Å². The lowest BCUT2D eigenvalue weighted by Gasteiger charge is -2.30. The van der Waals surface area contributed by atoms with E-state index in [-0.39, 0.29) is 0 Å². The zero-order chi connectivity index (χ0) is 5.98. The van der Waals surface area contributed by atoms with Crippen LogP contribution < -0.4 is 4.72 Å². The van der Waals surface area contributed by atoms with Crippen molar-refractivity contribution in [2.24, 2.45) is 5.92 Å². The molecular weight excluding hydrogens is 122 g/mol. The first-order valence-corrected chi connectivity index (χ1v) is 3.26. The number of hydrogen-bond acceptors (Lipinski definition) is 3. The number of hydrogen-bond donors (Lipinski definition) is 2. The Morgan fingerprint density at radius 1 is 1.75 bits per heavy atom. The quantitative estimate of drug-likeness (QED) is 0.534. The minimum absolute atomic E-state index is 0.493. The molecule has 0 aromatic carbocycles. The third-order valence-electron chi connectivity index (χ3n) is 1.57. The standard InChI is InChI=1S/C5H11NOS/c1-4(6-8)5-2-7-3-5/h4-6,8H,2-3H2,1H3/t4-/m1/s1. The lowest BCUT2D eigenvalue weighted by atomic mass is 10.0. The largest absolute Gasteiger partial charge is 0.381 e. The number of nitrogens with one attached hydrogen (secondary N) is 1. The van der Waals surface area contributed by atoms with Crippen molar-refractivity contribution in [2.45, 2.75) is 13.0 Å². The van der Waals surface area contributed by atoms with Gasteiger partial charge in [-0.1, -0.05) is 12.8 Å². The van der Waals surface area contributed by atoms with Crippen molar-refractivity contribution in [1.29, 1.82) is 0 Å². The van der Waals surface area contributed by atoms with E-state index in [9.17, 15) is 0 Å². The summed E-state index contributed by atoms with van der Waals surface area (Å²) in [6, 6.07) is 0.493. The summed E-state index contributed by atoms with van der Waals surface area (Å²) in [5.74, 6) is 0.687. The van der Waals surface area contributed by atoms with E-state index in [1.165, 1.54) is 0 Å². The molecule has 1 N–H and O–H groups in total. The van der Waals surface area contributed by atoms with E-state index in [0.717, 1.165) is 13.2 Å². The first-order valence-electron chi connectivity index (χ1n) is 2.82. The second-order valence-corrected chi connectivity index (χ2v) is 2.47. The average Bonchev–Trinajstić information content (AvgIpc) is 1.62. The van der Waals surface area contributed by atoms with Gasteiger partial charge in [0.05, 0.1) is 13.2 Å². The first-order chi connectivity index (χ1) is 3.84. The van der Waals surface area contributed by atoms with Gasteiger partial charge in [0, 0.05) is 12.0 Å². The summed E-state index contributed by atoms with van der Waals surface area (Å²) in [5.41, 5.74) is 0. The second-order valence-electron chi connectivity index (χ2n) is 2.22. The lowest BCUT2D eigenvalue weighted by molar-refractivity contribution is -0.0428. The molecule has 8 heavy (non-hydrogen) atoms. The zero-order valence-electron chi connectivity index (χ0n) is 4.92. The summed E-state index contributed by atoms with van der Waals surface area (Å²) in [7, 11) is 0. The van der Waals surface area contributed by atoms with Crippen molar-refractivity contribution in [3.63, 3.8) is 0 Å². The van der Waals surface area contributed by atoms with E-state index in [2.05, 4.69) is 24.5 Å². The highest BCUT2D eigenvalue weighted by Gasteiger charge is 2.23. The van der Waals surface area contributed by atoms with Gasteiger partial charge in [-0.3, -0.25) is 4.72 Å². The molecule has 48 valence electrons. The molecule has 0 aromatic rings. The molecule has 1 saturated heterocycles. The Morgan fingerprint density at radius 2 is 2.38 bits per heavy atom. The molecule has 1 aliphatic rings. The molecule has 1 fully saturated rings. The van der Waals surface area contributed by atoms with Crippen LogP contribution in [0, 0.1) is 5.92 Å². The van der Waals surface area contributed by atoms with E-state index >= 15 is 0 Å². The monoisotopic (exact) mass is 133 g/mol. The Bertz CT molecular complexity index is 72.1. The van der Waals surface area contributed by atoms with Crippen molar-refractivity contribution in [2.75, 3.05) is 13.2 Å². The SMILES string of the molecule is C[C@@H](NS)C1COC1. The molecule has 1 rings (SSSR count). The molecule has 0 aromatic heterocycles. The van der Waals surface area contributed by atoms with Crippen LogP contribution in [0.3, 0.4) is 0 Å². The molecule has 0 radical (unpaired) electrons. The van der Waals surface area contributed by atoms with Crippen molar-refractivity contribution in [3.05, 3.63) is 0 Å². The Morgan fingerprint density at radius 3 is 2.50 bits per heavy atom. The van der Waals surface area contributed by atoms with Crippen LogP contribution in [-0.4, -0.2) is 19.3 Å². The van der Waals surface area contributed by atoms with Gasteiger partial charge in [0.25, 0.3) is 0 Å². The summed E-state index contributed by atoms with van der Waals surface area (Å²) >= 11 is 3.94. The van der Waals surface area contributed by atoms with Gasteiger partial charge in [-0.15, -0.1) is 0 Å². The van der Waals surface area contributed by atoms with Crippen LogP contribution in [-0.2, 0) is 4.74 Å². The van der Waals surface area contributed by atoms with Crippen LogP contribution in [0.4, 0.5) is 0 Å². The van der Waals surface area contributed by atoms with E-state index in [1.807, 2.05) is 0 Å². The minimum atomic E-state index is 0.493. The molecule has 0 unspecified atom stereocenters. The van der Waals surface area contributed by atoms with Crippen molar-refractivity contribution < 1.29 is 4.74 Å². The second kappa shape index (κ2) is 2.71. The maximum atomic E-state index is 4.98. The fourth-order valence-electron chi connectivity index (χ4n) is 0.648. The molecule has 0 bridgehead atoms. The van der Waals surface area contributed by atoms with Crippen molar-refractivity contribution in [1.82, 2.24) is 4.72 Å². The van der Waals surface area contributed by atoms with Crippen LogP contribution >= 0.6 is 12.8 Å². The normalized spacial score (nSPS) is 24.8. The number of thiol groups is 1. The highest BCUT2D eigenvalue weighted by Crippen LogP contribution is 2.14. The Hall–Kier alpha value is 0.270. The molecule has 2 nitrogen and oxygen atoms in total. The molecule has 0 spiro atoms. The van der Waals surface area contributed by atoms with Crippen molar-refractivity contribution >= 4 is 12.8 Å². The number of ether oxygens (including phenoxy) is 1. The van der Waals surface area contributed by atoms with Gasteiger partial charge in [-0.25, -0.2) is 0 Å². The maximum absolute atomic E-state index is 4.98. The van der Waals surface area contributed by atoms with Gasteiger partial charge in [0.15, 0.2) is 0 Å². The Kier molecular flexibility index (Phi) is 2.16. The van der Waals surface area contributed by atoms with Gasteiger partial charge >= 0.3 is 0 Å². The Labute approximate surface area is 55.1 Å². The molecule has 1 atom stereocenters. The molecule has 0 aliphatic carbocycles. The zero-order valence-corrected chi connectivity index (χ0v) is 5.82. The third kappa shape index (κ3) is 1.16. The molecule has 0 amide bonds. The molecule has 1 heterocycles. The predicted molar refractivity (Wildman–Crippen MR) is 35.9 cm³/mol. The van der Waals surface area contributed by atoms with Crippen LogP contribution in [0.2, 0.25) is 0 Å². The summed E-state index contributed by atoms with van der Waals surface area (Å²) in [5, 5.41) is 0. The van der Waals surface area contributed by atoms with Crippen LogP contribution in [0.15, 0.2) is 0 Å². The summed E-state index contributed by atoms with van der Waals surface area (Å²) in [4.78, 5) is 0. The van der Waals surface area contributed by atoms with E-state index in [1.54, 1.807) is 0 Å². The van der Waals surface area contributed by atoms with Gasteiger partial charge in [-0.2, -0.15) is 0 Å². The van der Waals surface area contributed by atoms with E-state index in [0.29, 0.717) is 12.0 Å². The van der Waals surface area contributed by atoms with Crippen molar-refractivity contribution in [3.8, 4) is 0 Å². The maximum Gasteiger partial charge on any atom is 0.0531 e. The molecule has 1 aliphatic heterocycles. The Balaban J connectivity index is 2.13. The lowest BCUT2D eigenvalue weighted by Crippen LogP contribution is -2.41. The fraction of sp³-hybridized carbons (Fsp3) is 1.00. The van der Waals surface area contributed by atoms with E-state index in [4.69, 9.17) is 4.74 Å². The van der Waals surface area contributed by atoms with Crippen LogP contribution in [0.5, 0.6) is 0 Å². The smallest absolute Gasteiger partial charge is 0.0531 e. The fourth-order valence-corrected chi connectivity index (χ4v) is 0.859. The minimum Gasteiger partial charge on any atom is -0.381 e. The summed E-state index contributed by atoms with van der Waals surface area (Å²) < 4.78 is 7.87. The highest BCUT2D eigenvalue weighted by atomic mass is 32.1. The number of rotatable bonds is 2. The van der Waals surface area contributed by atoms with Crippen LogP contribution in [0.1, 0.15) is 6.92 Å². The van der Waals surface area contributed by atoms with E-state index < -0.39 is 0 Å². The van der Waals surface area contributed by atoms with Crippen LogP contribution in [0.25, 0.3) is 0 Å². The first kappa shape index (κ1) is 6.39. The molecule has 3 heteroatoms. The predicted octanol–water partition coefficient (Wildman–Crippen LogP) is 0.456. The summed E-state index contributed by atoms with van der Waals surface area (Å²) in [6.07, 6.45) is 0. The topological polar surface area (TPSA) is 21.3 Å². The van der Waals surface area contributed by atoms with Gasteiger partial charge < -0.3 is 4.74 Å². The molecule has 0 saturated carbocycles. The third-order valence-corrected chi connectivity index (χ3v) is 1.98. The highest BCUT2D eigenvalue weighted by molar-refractivity contribution is 7.78. The average molecular weight is 133 g/mol. The molecular formula is C5H11NOS. The summed E-state index contributed by atoms with van der Waals surface area (Å²) in [6.45, 7) is 3.91.